The predicted molar refractivity (Wildman–Crippen MR) is 51.9 cm³/mol. The highest BCUT2D eigenvalue weighted by molar-refractivity contribution is 7.37. The number of hydrogen-bond acceptors (Lipinski definition) is 4. The third-order valence-corrected chi connectivity index (χ3v) is 2.04. The summed E-state index contributed by atoms with van der Waals surface area (Å²) in [5.41, 5.74) is 7.84. The number of benzene rings is 1. The molecule has 0 heterocycles. The van der Waals surface area contributed by atoms with Gasteiger partial charge in [0.05, 0.1) is 4.92 Å². The Labute approximate surface area is 84.2 Å². The van der Waals surface area contributed by atoms with Crippen LogP contribution in [0, 0.1) is 10.1 Å². The smallest absolute Gasteiger partial charge is 0.323 e. The zero-order chi connectivity index (χ0) is 11.3. The summed E-state index contributed by atoms with van der Waals surface area (Å²) < 4.78 is 15.5. The molecule has 0 spiro atoms. The van der Waals surface area contributed by atoms with Crippen molar-refractivity contribution < 1.29 is 14.0 Å². The van der Waals surface area contributed by atoms with Gasteiger partial charge in [0.2, 0.25) is 0 Å². The van der Waals surface area contributed by atoms with E-state index in [2.05, 4.69) is 9.80 Å². The molecule has 1 unspecified atom stereocenters. The second-order valence-corrected chi connectivity index (χ2v) is 3.24. The van der Waals surface area contributed by atoms with E-state index in [1.807, 2.05) is 0 Å². The first-order chi connectivity index (χ1) is 7.13. The Bertz CT molecular complexity index is 439. The van der Waals surface area contributed by atoms with Crippen molar-refractivity contribution in [1.82, 2.24) is 0 Å². The van der Waals surface area contributed by atoms with Crippen molar-refractivity contribution in [3.8, 4) is 5.75 Å². The minimum absolute atomic E-state index is 0.106. The van der Waals surface area contributed by atoms with Crippen LogP contribution in [0.25, 0.3) is 10.4 Å². The topological polar surface area (TPSA) is 118 Å². The lowest BCUT2D eigenvalue weighted by atomic mass is 10.3. The molecule has 0 aromatic heterocycles. The molecule has 0 saturated heterocycles. The van der Waals surface area contributed by atoms with Gasteiger partial charge in [-0.1, -0.05) is 0 Å². The van der Waals surface area contributed by atoms with E-state index in [1.165, 1.54) is 24.3 Å². The molecule has 8 nitrogen and oxygen atoms in total. The number of non-ortho nitro benzene ring substituents is 1. The molecular weight excluding hydrogens is 223 g/mol. The first-order valence-electron chi connectivity index (χ1n) is 3.65. The van der Waals surface area contributed by atoms with Gasteiger partial charge in [0.15, 0.2) is 0 Å². The zero-order valence-electron chi connectivity index (χ0n) is 7.23. The molecule has 0 aliphatic rings. The molecule has 1 rings (SSSR count). The molecule has 1 atom stereocenters. The molecule has 0 aliphatic heterocycles. The Kier molecular flexibility index (Phi) is 3.68. The van der Waals surface area contributed by atoms with Crippen molar-refractivity contribution in [2.24, 2.45) is 4.88 Å². The first kappa shape index (κ1) is 11.0. The number of nitro benzene ring substituents is 1. The van der Waals surface area contributed by atoms with Crippen LogP contribution in [0.3, 0.4) is 0 Å². The Morgan fingerprint density at radius 2 is 2.07 bits per heavy atom. The summed E-state index contributed by atoms with van der Waals surface area (Å²) in [5, 5.41) is 10.3. The molecule has 78 valence electrons. The average Bonchev–Trinajstić information content (AvgIpc) is 2.18. The number of nitro groups is 1. The Morgan fingerprint density at radius 3 is 2.53 bits per heavy atom. The van der Waals surface area contributed by atoms with Gasteiger partial charge in [-0.25, -0.2) is 0 Å². The summed E-state index contributed by atoms with van der Waals surface area (Å²) in [6.45, 7) is 0. The number of nitrogens with zero attached hydrogens (tertiary/aromatic N) is 4. The summed E-state index contributed by atoms with van der Waals surface area (Å²) in [5.74, 6) is 0.150. The molecule has 0 aliphatic carbocycles. The minimum atomic E-state index is -2.84. The van der Waals surface area contributed by atoms with E-state index in [0.29, 0.717) is 0 Å². The third kappa shape index (κ3) is 3.30. The van der Waals surface area contributed by atoms with Gasteiger partial charge >= 0.3 is 8.18 Å². The van der Waals surface area contributed by atoms with Crippen LogP contribution in [0.4, 0.5) is 5.69 Å². The van der Waals surface area contributed by atoms with Crippen LogP contribution in [0.2, 0.25) is 0 Å². The molecule has 0 saturated carbocycles. The lowest BCUT2D eigenvalue weighted by Crippen LogP contribution is -1.87. The second-order valence-electron chi connectivity index (χ2n) is 2.31. The van der Waals surface area contributed by atoms with Crippen LogP contribution in [0.5, 0.6) is 5.75 Å². The van der Waals surface area contributed by atoms with Crippen molar-refractivity contribution in [1.29, 1.82) is 0 Å². The fourth-order valence-corrected chi connectivity index (χ4v) is 1.25. The fraction of sp³-hybridized carbons (Fsp3) is 0. The van der Waals surface area contributed by atoms with Gasteiger partial charge in [0.1, 0.15) is 5.75 Å². The summed E-state index contributed by atoms with van der Waals surface area (Å²) in [6.07, 6.45) is 0. The average molecular weight is 228 g/mol. The molecular formula is C6H5N4O4P. The molecule has 1 aromatic carbocycles. The van der Waals surface area contributed by atoms with Gasteiger partial charge in [0.25, 0.3) is 5.69 Å². The van der Waals surface area contributed by atoms with Crippen molar-refractivity contribution in [3.05, 3.63) is 44.8 Å². The molecule has 9 heteroatoms. The molecule has 0 radical (unpaired) electrons. The minimum Gasteiger partial charge on any atom is -0.441 e. The predicted octanol–water partition coefficient (Wildman–Crippen LogP) is 2.67. The largest absolute Gasteiger partial charge is 0.441 e. The van der Waals surface area contributed by atoms with Gasteiger partial charge in [-0.15, -0.1) is 0 Å². The highest BCUT2D eigenvalue weighted by atomic mass is 31.1. The van der Waals surface area contributed by atoms with Crippen molar-refractivity contribution in [3.63, 3.8) is 0 Å². The van der Waals surface area contributed by atoms with E-state index in [1.54, 1.807) is 0 Å². The number of azide groups is 1. The maximum absolute atomic E-state index is 10.8. The molecule has 0 N–H and O–H groups in total. The van der Waals surface area contributed by atoms with Gasteiger partial charge < -0.3 is 4.52 Å². The molecule has 1 aromatic rings. The Morgan fingerprint density at radius 1 is 1.47 bits per heavy atom. The maximum Gasteiger partial charge on any atom is 0.323 e. The van der Waals surface area contributed by atoms with Crippen LogP contribution in [-0.2, 0) is 4.57 Å². The Hall–Kier alpha value is -2.04. The van der Waals surface area contributed by atoms with Gasteiger partial charge in [-0.05, 0) is 17.7 Å². The lowest BCUT2D eigenvalue weighted by Gasteiger charge is -2.00. The fourth-order valence-electron chi connectivity index (χ4n) is 0.794. The van der Waals surface area contributed by atoms with Crippen LogP contribution < -0.4 is 4.52 Å². The van der Waals surface area contributed by atoms with Crippen molar-refractivity contribution >= 4 is 13.9 Å². The SMILES string of the molecule is [N-]=[N+]=N[PH](=O)Oc1ccc([N+](=O)[O-])cc1. The normalized spacial score (nSPS) is 11.2. The molecule has 0 amide bonds. The monoisotopic (exact) mass is 228 g/mol. The van der Waals surface area contributed by atoms with Gasteiger partial charge in [-0.2, -0.15) is 0 Å². The van der Waals surface area contributed by atoms with E-state index in [9.17, 15) is 14.7 Å². The Balaban J connectivity index is 2.76. The van der Waals surface area contributed by atoms with E-state index in [-0.39, 0.29) is 11.4 Å². The van der Waals surface area contributed by atoms with Crippen LogP contribution in [0.1, 0.15) is 0 Å². The lowest BCUT2D eigenvalue weighted by molar-refractivity contribution is -0.384. The quantitative estimate of drug-likeness (QED) is 0.196. The highest BCUT2D eigenvalue weighted by Crippen LogP contribution is 2.29. The van der Waals surface area contributed by atoms with Crippen molar-refractivity contribution in [2.75, 3.05) is 0 Å². The standard InChI is InChI=1S/C6H5N4O4P/c7-8-9-15(13)14-6-3-1-5(2-4-6)10(11)12/h1-4,15H. The maximum atomic E-state index is 10.8. The molecule has 0 bridgehead atoms. The van der Waals surface area contributed by atoms with E-state index in [4.69, 9.17) is 10.1 Å². The third-order valence-electron chi connectivity index (χ3n) is 1.38. The number of rotatable bonds is 4. The van der Waals surface area contributed by atoms with Crippen molar-refractivity contribution in [2.45, 2.75) is 0 Å². The molecule has 0 fully saturated rings. The van der Waals surface area contributed by atoms with Crippen LogP contribution in [0.15, 0.2) is 29.2 Å². The summed E-state index contributed by atoms with van der Waals surface area (Å²) in [4.78, 5) is 14.9. The summed E-state index contributed by atoms with van der Waals surface area (Å²) in [6, 6.07) is 4.93. The first-order valence-corrected chi connectivity index (χ1v) is 4.91. The summed E-state index contributed by atoms with van der Waals surface area (Å²) in [7, 11) is -2.84. The highest BCUT2D eigenvalue weighted by Gasteiger charge is 2.05. The van der Waals surface area contributed by atoms with E-state index >= 15 is 0 Å². The van der Waals surface area contributed by atoms with E-state index in [0.717, 1.165) is 0 Å². The van der Waals surface area contributed by atoms with Gasteiger partial charge in [0, 0.05) is 21.9 Å². The summed E-state index contributed by atoms with van der Waals surface area (Å²) >= 11 is 0. The van der Waals surface area contributed by atoms with Crippen LogP contribution >= 0.6 is 8.18 Å². The zero-order valence-corrected chi connectivity index (χ0v) is 8.23. The van der Waals surface area contributed by atoms with Crippen LogP contribution in [-0.4, -0.2) is 4.92 Å². The number of hydrogen-bond donors (Lipinski definition) is 0. The second kappa shape index (κ2) is 4.99. The molecule has 15 heavy (non-hydrogen) atoms. The van der Waals surface area contributed by atoms with Gasteiger partial charge in [-0.3, -0.25) is 14.7 Å². The van der Waals surface area contributed by atoms with E-state index < -0.39 is 13.1 Å².